The number of carbonyl (C=O) groups excluding carboxylic acids is 2. The maximum Gasteiger partial charge on any atom is 0.410 e. The number of benzene rings is 1. The molecule has 1 unspecified atom stereocenters. The van der Waals surface area contributed by atoms with E-state index in [-0.39, 0.29) is 23.9 Å². The predicted octanol–water partition coefficient (Wildman–Crippen LogP) is 3.05. The van der Waals surface area contributed by atoms with Crippen LogP contribution in [0.4, 0.5) is 14.9 Å². The molecule has 0 spiro atoms. The van der Waals surface area contributed by atoms with E-state index in [4.69, 9.17) is 21.1 Å². The van der Waals surface area contributed by atoms with Crippen LogP contribution in [0.1, 0.15) is 20.8 Å². The minimum absolute atomic E-state index is 0.0296. The van der Waals surface area contributed by atoms with E-state index in [1.54, 1.807) is 20.8 Å². The second-order valence-corrected chi connectivity index (χ2v) is 6.81. The molecule has 24 heavy (non-hydrogen) atoms. The number of amides is 2. The van der Waals surface area contributed by atoms with Crippen LogP contribution in [-0.4, -0.2) is 48.3 Å². The van der Waals surface area contributed by atoms with Crippen molar-refractivity contribution in [2.45, 2.75) is 32.5 Å². The van der Waals surface area contributed by atoms with E-state index in [9.17, 15) is 14.0 Å². The van der Waals surface area contributed by atoms with E-state index in [1.165, 1.54) is 17.0 Å². The number of halogens is 2. The molecule has 6 nitrogen and oxygen atoms in total. The summed E-state index contributed by atoms with van der Waals surface area (Å²) in [6.45, 7) is 5.93. The highest BCUT2D eigenvalue weighted by molar-refractivity contribution is 6.30. The summed E-state index contributed by atoms with van der Waals surface area (Å²) >= 11 is 5.60. The zero-order chi connectivity index (χ0) is 17.9. The maximum absolute atomic E-state index is 13.4. The summed E-state index contributed by atoms with van der Waals surface area (Å²) in [5, 5.41) is 2.52. The van der Waals surface area contributed by atoms with Crippen LogP contribution >= 0.6 is 11.6 Å². The molecule has 0 aromatic heterocycles. The van der Waals surface area contributed by atoms with Gasteiger partial charge in [0.1, 0.15) is 11.4 Å². The molecule has 0 radical (unpaired) electrons. The minimum atomic E-state index is -0.856. The van der Waals surface area contributed by atoms with Crippen molar-refractivity contribution in [2.24, 2.45) is 0 Å². The van der Waals surface area contributed by atoms with E-state index in [2.05, 4.69) is 5.32 Å². The van der Waals surface area contributed by atoms with Crippen LogP contribution in [-0.2, 0) is 14.3 Å². The number of anilines is 1. The molecular formula is C16H20ClFN2O4. The number of nitrogens with one attached hydrogen (secondary N) is 1. The Morgan fingerprint density at radius 1 is 1.42 bits per heavy atom. The van der Waals surface area contributed by atoms with Gasteiger partial charge in [0.05, 0.1) is 18.2 Å². The van der Waals surface area contributed by atoms with Crippen LogP contribution in [0.2, 0.25) is 5.02 Å². The summed E-state index contributed by atoms with van der Waals surface area (Å²) in [4.78, 5) is 25.7. The first-order chi connectivity index (χ1) is 11.2. The number of hydrogen-bond acceptors (Lipinski definition) is 4. The van der Waals surface area contributed by atoms with Gasteiger partial charge in [-0.15, -0.1) is 0 Å². The number of morpholine rings is 1. The smallest absolute Gasteiger partial charge is 0.410 e. The van der Waals surface area contributed by atoms with Gasteiger partial charge in [-0.3, -0.25) is 4.79 Å². The van der Waals surface area contributed by atoms with Gasteiger partial charge in [-0.1, -0.05) is 11.6 Å². The molecule has 1 saturated heterocycles. The summed E-state index contributed by atoms with van der Waals surface area (Å²) in [7, 11) is 0. The predicted molar refractivity (Wildman–Crippen MR) is 87.6 cm³/mol. The van der Waals surface area contributed by atoms with Crippen molar-refractivity contribution in [1.82, 2.24) is 4.90 Å². The molecule has 0 bridgehead atoms. The summed E-state index contributed by atoms with van der Waals surface area (Å²) < 4.78 is 24.1. The molecule has 1 aliphatic rings. The van der Waals surface area contributed by atoms with Crippen molar-refractivity contribution < 1.29 is 23.5 Å². The SMILES string of the molecule is CC(C)(C)OC(=O)N1CCOC(C(=O)Nc2ccc(Cl)c(F)c2)C1. The summed E-state index contributed by atoms with van der Waals surface area (Å²) in [5.41, 5.74) is -0.353. The molecule has 0 aliphatic carbocycles. The Labute approximate surface area is 144 Å². The Morgan fingerprint density at radius 2 is 2.12 bits per heavy atom. The molecule has 1 aromatic carbocycles. The van der Waals surface area contributed by atoms with Gasteiger partial charge in [-0.05, 0) is 39.0 Å². The fourth-order valence-electron chi connectivity index (χ4n) is 2.10. The van der Waals surface area contributed by atoms with E-state index < -0.39 is 29.5 Å². The van der Waals surface area contributed by atoms with Gasteiger partial charge in [-0.2, -0.15) is 0 Å². The van der Waals surface area contributed by atoms with Crippen molar-refractivity contribution in [2.75, 3.05) is 25.0 Å². The first kappa shape index (κ1) is 18.5. The van der Waals surface area contributed by atoms with Gasteiger partial charge in [0, 0.05) is 12.2 Å². The minimum Gasteiger partial charge on any atom is -0.444 e. The highest BCUT2D eigenvalue weighted by atomic mass is 35.5. The number of rotatable bonds is 2. The quantitative estimate of drug-likeness (QED) is 0.882. The van der Waals surface area contributed by atoms with Gasteiger partial charge in [0.15, 0.2) is 6.10 Å². The third-order valence-electron chi connectivity index (χ3n) is 3.20. The van der Waals surface area contributed by atoms with Crippen LogP contribution in [0.25, 0.3) is 0 Å². The topological polar surface area (TPSA) is 67.9 Å². The van der Waals surface area contributed by atoms with Crippen molar-refractivity contribution >= 4 is 29.3 Å². The third kappa shape index (κ3) is 5.07. The van der Waals surface area contributed by atoms with E-state index in [0.29, 0.717) is 6.54 Å². The van der Waals surface area contributed by atoms with Gasteiger partial charge in [-0.25, -0.2) is 9.18 Å². The first-order valence-corrected chi connectivity index (χ1v) is 7.89. The molecule has 1 atom stereocenters. The van der Waals surface area contributed by atoms with E-state index >= 15 is 0 Å². The third-order valence-corrected chi connectivity index (χ3v) is 3.50. The Bertz CT molecular complexity index is 633. The van der Waals surface area contributed by atoms with Gasteiger partial charge in [0.2, 0.25) is 0 Å². The Morgan fingerprint density at radius 3 is 2.75 bits per heavy atom. The summed E-state index contributed by atoms with van der Waals surface area (Å²) in [6, 6.07) is 3.95. The fraction of sp³-hybridized carbons (Fsp3) is 0.500. The Kier molecular flexibility index (Phi) is 5.66. The fourth-order valence-corrected chi connectivity index (χ4v) is 2.21. The van der Waals surface area contributed by atoms with Crippen molar-refractivity contribution in [3.8, 4) is 0 Å². The molecule has 1 fully saturated rings. The molecule has 8 heteroatoms. The van der Waals surface area contributed by atoms with Crippen molar-refractivity contribution in [1.29, 1.82) is 0 Å². The summed E-state index contributed by atoms with van der Waals surface area (Å²) in [6.07, 6.45) is -1.36. The van der Waals surface area contributed by atoms with Gasteiger partial charge >= 0.3 is 6.09 Å². The van der Waals surface area contributed by atoms with Gasteiger partial charge in [0.25, 0.3) is 5.91 Å². The molecule has 2 amide bonds. The first-order valence-electron chi connectivity index (χ1n) is 7.51. The molecule has 1 heterocycles. The van der Waals surface area contributed by atoms with Crippen LogP contribution in [0.5, 0.6) is 0 Å². The zero-order valence-electron chi connectivity index (χ0n) is 13.8. The lowest BCUT2D eigenvalue weighted by Gasteiger charge is -2.33. The normalized spacial score (nSPS) is 18.2. The number of ether oxygens (including phenoxy) is 2. The molecule has 1 N–H and O–H groups in total. The number of nitrogens with zero attached hydrogens (tertiary/aromatic N) is 1. The standard InChI is InChI=1S/C16H20ClFN2O4/c1-16(2,3)24-15(22)20-6-7-23-13(9-20)14(21)19-10-4-5-11(17)12(18)8-10/h4-5,8,13H,6-7,9H2,1-3H3,(H,19,21). The zero-order valence-corrected chi connectivity index (χ0v) is 14.5. The van der Waals surface area contributed by atoms with E-state index in [0.717, 1.165) is 6.07 Å². The lowest BCUT2D eigenvalue weighted by Crippen LogP contribution is -2.51. The number of hydrogen-bond donors (Lipinski definition) is 1. The largest absolute Gasteiger partial charge is 0.444 e. The molecule has 1 aromatic rings. The molecule has 1 aliphatic heterocycles. The Balaban J connectivity index is 1.97. The second kappa shape index (κ2) is 7.36. The molecule has 0 saturated carbocycles. The van der Waals surface area contributed by atoms with Gasteiger partial charge < -0.3 is 19.7 Å². The maximum atomic E-state index is 13.4. The monoisotopic (exact) mass is 358 g/mol. The average Bonchev–Trinajstić information content (AvgIpc) is 2.49. The van der Waals surface area contributed by atoms with Crippen LogP contribution in [0, 0.1) is 5.82 Å². The van der Waals surface area contributed by atoms with Crippen molar-refractivity contribution in [3.63, 3.8) is 0 Å². The van der Waals surface area contributed by atoms with Crippen molar-refractivity contribution in [3.05, 3.63) is 29.0 Å². The highest BCUT2D eigenvalue weighted by Crippen LogP contribution is 2.19. The summed E-state index contributed by atoms with van der Waals surface area (Å²) in [5.74, 6) is -1.10. The Hall–Kier alpha value is -1.86. The number of carbonyl (C=O) groups is 2. The average molecular weight is 359 g/mol. The second-order valence-electron chi connectivity index (χ2n) is 6.40. The molecule has 132 valence electrons. The highest BCUT2D eigenvalue weighted by Gasteiger charge is 2.31. The lowest BCUT2D eigenvalue weighted by molar-refractivity contribution is -0.132. The lowest BCUT2D eigenvalue weighted by atomic mass is 10.2. The van der Waals surface area contributed by atoms with Crippen LogP contribution < -0.4 is 5.32 Å². The molecular weight excluding hydrogens is 339 g/mol. The van der Waals surface area contributed by atoms with E-state index in [1.807, 2.05) is 0 Å². The molecule has 2 rings (SSSR count). The van der Waals surface area contributed by atoms with Crippen LogP contribution in [0.15, 0.2) is 18.2 Å². The van der Waals surface area contributed by atoms with Crippen LogP contribution in [0.3, 0.4) is 0 Å².